The highest BCUT2D eigenvalue weighted by Crippen LogP contribution is 2.34. The van der Waals surface area contributed by atoms with Crippen LogP contribution in [0.3, 0.4) is 0 Å². The molecule has 36 heavy (non-hydrogen) atoms. The van der Waals surface area contributed by atoms with Crippen LogP contribution in [0.2, 0.25) is 0 Å². The van der Waals surface area contributed by atoms with Crippen molar-refractivity contribution in [2.75, 3.05) is 34.0 Å². The predicted molar refractivity (Wildman–Crippen MR) is 136 cm³/mol. The lowest BCUT2D eigenvalue weighted by Crippen LogP contribution is -2.26. The molecular formula is C28H27N3O5. The molecule has 0 saturated carbocycles. The number of fused-ring (bicyclic) bond motifs is 1. The summed E-state index contributed by atoms with van der Waals surface area (Å²) >= 11 is 0. The second kappa shape index (κ2) is 10.4. The van der Waals surface area contributed by atoms with Crippen molar-refractivity contribution in [3.8, 4) is 39.9 Å². The van der Waals surface area contributed by atoms with Gasteiger partial charge in [0.2, 0.25) is 0 Å². The van der Waals surface area contributed by atoms with Crippen LogP contribution in [0.1, 0.15) is 15.9 Å². The molecule has 0 atom stereocenters. The Morgan fingerprint density at radius 3 is 2.50 bits per heavy atom. The van der Waals surface area contributed by atoms with Gasteiger partial charge in [0.25, 0.3) is 5.91 Å². The summed E-state index contributed by atoms with van der Waals surface area (Å²) in [4.78, 5) is 13.3. The number of nitrogens with zero attached hydrogens (tertiary/aromatic N) is 2. The number of ether oxygens (including phenoxy) is 4. The van der Waals surface area contributed by atoms with Crippen LogP contribution < -0.4 is 24.3 Å². The van der Waals surface area contributed by atoms with Crippen molar-refractivity contribution in [2.45, 2.75) is 6.42 Å². The Bertz CT molecular complexity index is 1370. The lowest BCUT2D eigenvalue weighted by Gasteiger charge is -2.18. The molecule has 4 aromatic rings. The van der Waals surface area contributed by atoms with Gasteiger partial charge < -0.3 is 24.3 Å². The van der Waals surface area contributed by atoms with Gasteiger partial charge in [-0.25, -0.2) is 4.68 Å². The van der Waals surface area contributed by atoms with E-state index < -0.39 is 0 Å². The van der Waals surface area contributed by atoms with Crippen molar-refractivity contribution in [2.24, 2.45) is 0 Å². The number of rotatable bonds is 8. The van der Waals surface area contributed by atoms with Gasteiger partial charge in [-0.15, -0.1) is 0 Å². The summed E-state index contributed by atoms with van der Waals surface area (Å²) in [6.45, 7) is 1.55. The van der Waals surface area contributed by atoms with Gasteiger partial charge in [-0.2, -0.15) is 5.10 Å². The molecule has 0 aliphatic carbocycles. The average Bonchev–Trinajstić information content (AvgIpc) is 3.39. The van der Waals surface area contributed by atoms with Crippen LogP contribution in [-0.4, -0.2) is 49.7 Å². The Labute approximate surface area is 209 Å². The smallest absolute Gasteiger partial charge is 0.255 e. The van der Waals surface area contributed by atoms with E-state index in [2.05, 4.69) is 5.32 Å². The molecule has 8 nitrogen and oxygen atoms in total. The van der Waals surface area contributed by atoms with E-state index in [-0.39, 0.29) is 5.91 Å². The number of amides is 1. The number of hydrogen-bond donors (Lipinski definition) is 1. The third kappa shape index (κ3) is 4.84. The standard InChI is InChI=1S/C28H27N3O5/c1-33-23-11-9-20(17-25(23)34-2)27-22(18-31(30-27)21-6-4-3-5-7-21)28(32)29-13-12-19-8-10-24-26(16-19)36-15-14-35-24/h3-11,16-18H,12-15H2,1-2H3,(H,29,32). The summed E-state index contributed by atoms with van der Waals surface area (Å²) in [6.07, 6.45) is 2.40. The Hall–Kier alpha value is -4.46. The number of hydrogen-bond acceptors (Lipinski definition) is 6. The lowest BCUT2D eigenvalue weighted by molar-refractivity contribution is 0.0954. The van der Waals surface area contributed by atoms with Crippen LogP contribution in [0.5, 0.6) is 23.0 Å². The summed E-state index contributed by atoms with van der Waals surface area (Å²) in [7, 11) is 3.16. The molecule has 0 unspecified atom stereocenters. The van der Waals surface area contributed by atoms with Crippen LogP contribution in [0.4, 0.5) is 0 Å². The summed E-state index contributed by atoms with van der Waals surface area (Å²) in [6, 6.07) is 21.0. The maximum atomic E-state index is 13.3. The van der Waals surface area contributed by atoms with Gasteiger partial charge >= 0.3 is 0 Å². The normalized spacial score (nSPS) is 12.2. The maximum absolute atomic E-state index is 13.3. The van der Waals surface area contributed by atoms with Crippen molar-refractivity contribution in [1.82, 2.24) is 15.1 Å². The van der Waals surface area contributed by atoms with Gasteiger partial charge in [0.05, 0.1) is 25.5 Å². The van der Waals surface area contributed by atoms with E-state index in [4.69, 9.17) is 24.0 Å². The molecule has 0 fully saturated rings. The maximum Gasteiger partial charge on any atom is 0.255 e. The third-order valence-corrected chi connectivity index (χ3v) is 5.94. The number of aromatic nitrogens is 2. The zero-order valence-corrected chi connectivity index (χ0v) is 20.2. The quantitative estimate of drug-likeness (QED) is 0.401. The summed E-state index contributed by atoms with van der Waals surface area (Å²) in [5.41, 5.74) is 3.68. The highest BCUT2D eigenvalue weighted by molar-refractivity contribution is 6.00. The molecule has 1 aliphatic rings. The Kier molecular flexibility index (Phi) is 6.75. The zero-order valence-electron chi connectivity index (χ0n) is 20.2. The van der Waals surface area contributed by atoms with Crippen molar-refractivity contribution in [3.05, 3.63) is 84.1 Å². The van der Waals surface area contributed by atoms with Crippen molar-refractivity contribution in [1.29, 1.82) is 0 Å². The first-order valence-corrected chi connectivity index (χ1v) is 11.7. The molecule has 2 heterocycles. The molecule has 0 saturated heterocycles. The molecule has 0 radical (unpaired) electrons. The van der Waals surface area contributed by atoms with Gasteiger partial charge in [0, 0.05) is 18.3 Å². The number of nitrogens with one attached hydrogen (secondary N) is 1. The number of benzene rings is 3. The van der Waals surface area contributed by atoms with Crippen LogP contribution in [0.25, 0.3) is 16.9 Å². The van der Waals surface area contributed by atoms with E-state index in [1.807, 2.05) is 60.7 Å². The first-order chi connectivity index (χ1) is 17.7. The number of para-hydroxylation sites is 1. The molecule has 1 aliphatic heterocycles. The third-order valence-electron chi connectivity index (χ3n) is 5.94. The number of carbonyl (C=O) groups is 1. The molecule has 0 bridgehead atoms. The number of carbonyl (C=O) groups excluding carboxylic acids is 1. The van der Waals surface area contributed by atoms with Crippen molar-refractivity contribution in [3.63, 3.8) is 0 Å². The fourth-order valence-corrected chi connectivity index (χ4v) is 4.11. The van der Waals surface area contributed by atoms with Gasteiger partial charge in [-0.05, 0) is 54.4 Å². The van der Waals surface area contributed by atoms with Crippen molar-refractivity contribution >= 4 is 5.91 Å². The largest absolute Gasteiger partial charge is 0.493 e. The topological polar surface area (TPSA) is 83.8 Å². The van der Waals surface area contributed by atoms with E-state index in [9.17, 15) is 4.79 Å². The fourth-order valence-electron chi connectivity index (χ4n) is 4.11. The highest BCUT2D eigenvalue weighted by atomic mass is 16.6. The van der Waals surface area contributed by atoms with Crippen LogP contribution in [0.15, 0.2) is 72.9 Å². The summed E-state index contributed by atoms with van der Waals surface area (Å²) < 4.78 is 23.8. The molecule has 1 aromatic heterocycles. The minimum absolute atomic E-state index is 0.209. The van der Waals surface area contributed by atoms with E-state index in [0.29, 0.717) is 48.9 Å². The van der Waals surface area contributed by atoms with E-state index in [1.165, 1.54) is 0 Å². The van der Waals surface area contributed by atoms with E-state index in [1.54, 1.807) is 31.2 Å². The molecule has 1 N–H and O–H groups in total. The van der Waals surface area contributed by atoms with Gasteiger partial charge in [0.15, 0.2) is 23.0 Å². The number of methoxy groups -OCH3 is 2. The molecule has 184 valence electrons. The van der Waals surface area contributed by atoms with E-state index >= 15 is 0 Å². The second-order valence-electron chi connectivity index (χ2n) is 8.23. The minimum atomic E-state index is -0.209. The van der Waals surface area contributed by atoms with Crippen LogP contribution in [-0.2, 0) is 6.42 Å². The van der Waals surface area contributed by atoms with Crippen molar-refractivity contribution < 1.29 is 23.7 Å². The first-order valence-electron chi connectivity index (χ1n) is 11.7. The summed E-state index contributed by atoms with van der Waals surface area (Å²) in [5.74, 6) is 2.45. The Balaban J connectivity index is 1.39. The molecule has 5 rings (SSSR count). The van der Waals surface area contributed by atoms with Gasteiger partial charge in [-0.1, -0.05) is 24.3 Å². The average molecular weight is 486 g/mol. The van der Waals surface area contributed by atoms with Gasteiger partial charge in [0.1, 0.15) is 18.9 Å². The first kappa shape index (κ1) is 23.3. The Morgan fingerprint density at radius 1 is 0.944 bits per heavy atom. The fraction of sp³-hybridized carbons (Fsp3) is 0.214. The second-order valence-corrected chi connectivity index (χ2v) is 8.23. The highest BCUT2D eigenvalue weighted by Gasteiger charge is 2.20. The SMILES string of the molecule is COc1ccc(-c2nn(-c3ccccc3)cc2C(=O)NCCc2ccc3c(c2)OCCO3)cc1OC. The monoisotopic (exact) mass is 485 g/mol. The summed E-state index contributed by atoms with van der Waals surface area (Å²) in [5, 5.41) is 7.78. The van der Waals surface area contributed by atoms with E-state index in [0.717, 1.165) is 28.3 Å². The zero-order chi connectivity index (χ0) is 24.9. The molecule has 0 spiro atoms. The molecule has 3 aromatic carbocycles. The Morgan fingerprint density at radius 2 is 1.72 bits per heavy atom. The van der Waals surface area contributed by atoms with Crippen LogP contribution in [0, 0.1) is 0 Å². The molecule has 8 heteroatoms. The van der Waals surface area contributed by atoms with Crippen LogP contribution >= 0.6 is 0 Å². The lowest BCUT2D eigenvalue weighted by atomic mass is 10.1. The molecule has 1 amide bonds. The predicted octanol–water partition coefficient (Wildman–Crippen LogP) is 4.30. The minimum Gasteiger partial charge on any atom is -0.493 e. The molecular weight excluding hydrogens is 458 g/mol. The van der Waals surface area contributed by atoms with Gasteiger partial charge in [-0.3, -0.25) is 4.79 Å².